The summed E-state index contributed by atoms with van der Waals surface area (Å²) in [6.45, 7) is 53.9. The van der Waals surface area contributed by atoms with Crippen molar-refractivity contribution in [2.45, 2.75) is 204 Å². The summed E-state index contributed by atoms with van der Waals surface area (Å²) in [7, 11) is 0. The predicted octanol–water partition coefficient (Wildman–Crippen LogP) is 25.0. The summed E-state index contributed by atoms with van der Waals surface area (Å²) in [6, 6.07) is 65.7. The molecule has 0 bridgehead atoms. The van der Waals surface area contributed by atoms with Gasteiger partial charge < -0.3 is 18.6 Å². The third-order valence-corrected chi connectivity index (χ3v) is 20.3. The molecule has 1 aliphatic rings. The van der Waals surface area contributed by atoms with Gasteiger partial charge in [0, 0.05) is 60.6 Å². The molecule has 0 aliphatic carbocycles. The van der Waals surface area contributed by atoms with Gasteiger partial charge in [0.15, 0.2) is 0 Å². The van der Waals surface area contributed by atoms with Crippen LogP contribution in [0, 0.1) is 5.92 Å². The molecule has 12 aromatic rings. The SMILES string of the molecule is CC(C)C1=CCc2cc(C(C)(C)C)ccc2N1c1cccc(-n2c3ccc(C(C)(C)C)cc3c3cc(C(C)(C)C)ccc32)c1-c1cc(-n2c3ccc(C(C)(C)C)cc3c3cc(C(C)(C)C)ccc32)cc(-n2c3ccc(C(C)(C)C)cc3c3cc(C(C)(C)C)ccc32)c1. The molecule has 0 amide bonds. The summed E-state index contributed by atoms with van der Waals surface area (Å²) in [6.07, 6.45) is 3.39. The Morgan fingerprint density at radius 1 is 0.293 bits per heavy atom. The highest BCUT2D eigenvalue weighted by atomic mass is 15.2. The van der Waals surface area contributed by atoms with Crippen molar-refractivity contribution in [2.75, 3.05) is 4.90 Å². The Hall–Kier alpha value is -8.08. The van der Waals surface area contributed by atoms with Crippen molar-refractivity contribution in [3.63, 3.8) is 0 Å². The van der Waals surface area contributed by atoms with E-state index in [0.717, 1.165) is 34.7 Å². The Morgan fingerprint density at radius 3 is 0.902 bits per heavy atom. The lowest BCUT2D eigenvalue weighted by atomic mass is 9.84. The van der Waals surface area contributed by atoms with Crippen LogP contribution in [-0.2, 0) is 44.3 Å². The third kappa shape index (κ3) is 10.7. The lowest BCUT2D eigenvalue weighted by Gasteiger charge is -2.37. The molecule has 0 spiro atoms. The van der Waals surface area contributed by atoms with Crippen molar-refractivity contribution in [1.29, 1.82) is 0 Å². The highest BCUT2D eigenvalue weighted by molar-refractivity contribution is 6.13. The highest BCUT2D eigenvalue weighted by Crippen LogP contribution is 2.51. The van der Waals surface area contributed by atoms with E-state index in [1.807, 2.05) is 0 Å². The van der Waals surface area contributed by atoms with Gasteiger partial charge in [-0.25, -0.2) is 0 Å². The monoisotopic (exact) mass is 1210 g/mol. The van der Waals surface area contributed by atoms with Gasteiger partial charge in [0.1, 0.15) is 0 Å². The molecule has 472 valence electrons. The Balaban J connectivity index is 1.24. The Labute approximate surface area is 550 Å². The molecule has 92 heavy (non-hydrogen) atoms. The minimum atomic E-state index is -0.0505. The van der Waals surface area contributed by atoms with Crippen LogP contribution in [-0.4, -0.2) is 13.7 Å². The number of hydrogen-bond acceptors (Lipinski definition) is 1. The van der Waals surface area contributed by atoms with Crippen molar-refractivity contribution in [2.24, 2.45) is 5.92 Å². The molecule has 9 aromatic carbocycles. The Morgan fingerprint density at radius 2 is 0.587 bits per heavy atom. The fourth-order valence-electron chi connectivity index (χ4n) is 14.5. The van der Waals surface area contributed by atoms with Gasteiger partial charge in [-0.05, 0) is 210 Å². The van der Waals surface area contributed by atoms with Gasteiger partial charge in [0.25, 0.3) is 0 Å². The van der Waals surface area contributed by atoms with Crippen LogP contribution >= 0.6 is 0 Å². The molecule has 0 N–H and O–H groups in total. The van der Waals surface area contributed by atoms with E-state index in [9.17, 15) is 0 Å². The number of anilines is 2. The van der Waals surface area contributed by atoms with Crippen LogP contribution in [0.3, 0.4) is 0 Å². The lowest BCUT2D eigenvalue weighted by Crippen LogP contribution is -2.26. The minimum absolute atomic E-state index is 0.00900. The van der Waals surface area contributed by atoms with Gasteiger partial charge in [-0.15, -0.1) is 0 Å². The predicted molar refractivity (Wildman–Crippen MR) is 401 cm³/mol. The van der Waals surface area contributed by atoms with Gasteiger partial charge in [0.2, 0.25) is 0 Å². The van der Waals surface area contributed by atoms with Crippen molar-refractivity contribution in [1.82, 2.24) is 13.7 Å². The first-order valence-electron chi connectivity index (χ1n) is 34.1. The van der Waals surface area contributed by atoms with E-state index in [-0.39, 0.29) is 43.8 Å². The maximum absolute atomic E-state index is 2.65. The molecule has 0 unspecified atom stereocenters. The maximum Gasteiger partial charge on any atom is 0.0561 e. The third-order valence-electron chi connectivity index (χ3n) is 20.3. The quantitative estimate of drug-likeness (QED) is 0.162. The zero-order valence-corrected chi connectivity index (χ0v) is 59.7. The summed E-state index contributed by atoms with van der Waals surface area (Å²) in [5.74, 6) is 0.228. The summed E-state index contributed by atoms with van der Waals surface area (Å²) >= 11 is 0. The molecule has 0 saturated carbocycles. The van der Waals surface area contributed by atoms with Gasteiger partial charge in [-0.3, -0.25) is 0 Å². The van der Waals surface area contributed by atoms with Gasteiger partial charge >= 0.3 is 0 Å². The van der Waals surface area contributed by atoms with Gasteiger partial charge in [-0.2, -0.15) is 0 Å². The molecule has 4 nitrogen and oxygen atoms in total. The van der Waals surface area contributed by atoms with Crippen LogP contribution in [0.4, 0.5) is 11.4 Å². The standard InChI is InChI=1S/C88H100N4/c1-53(2)71-35-27-54-43-56(82(3,4)5)28-36-72(54)91(71)79-25-24-26-80(92-77-41-33-61(87(18,19)20)50-69(77)70-51-62(88(21,22)23)34-42-78(70)92)81(79)55-44-63(89-73-37-29-57(83(6,7)8)46-65(73)66-47-58(84(9,10)11)30-38-74(66)89)52-64(45-55)90-75-39-31-59(85(12,13)14)48-67(75)68-49-60(86(15,16)17)32-40-76(68)90/h24-26,28-53H,27H2,1-23H3. The van der Waals surface area contributed by atoms with Crippen molar-refractivity contribution in [3.8, 4) is 28.2 Å². The van der Waals surface area contributed by atoms with Crippen LogP contribution in [0.25, 0.3) is 93.6 Å². The van der Waals surface area contributed by atoms with Crippen LogP contribution in [0.1, 0.15) is 204 Å². The first kappa shape index (κ1) is 62.7. The summed E-state index contributed by atoms with van der Waals surface area (Å²) in [4.78, 5) is 2.65. The van der Waals surface area contributed by atoms with E-state index in [1.165, 1.54) is 127 Å². The number of nitrogens with zero attached hydrogens (tertiary/aromatic N) is 4. The van der Waals surface area contributed by atoms with E-state index in [1.54, 1.807) is 0 Å². The smallest absolute Gasteiger partial charge is 0.0561 e. The summed E-state index contributed by atoms with van der Waals surface area (Å²) < 4.78 is 7.80. The maximum atomic E-state index is 2.65. The number of hydrogen-bond donors (Lipinski definition) is 0. The number of aromatic nitrogens is 3. The lowest BCUT2D eigenvalue weighted by molar-refractivity contribution is 0.589. The zero-order chi connectivity index (χ0) is 66.1. The largest absolute Gasteiger partial charge is 0.313 e. The molecular weight excluding hydrogens is 1110 g/mol. The normalized spacial score (nSPS) is 14.1. The average molecular weight is 1210 g/mol. The zero-order valence-electron chi connectivity index (χ0n) is 59.7. The minimum Gasteiger partial charge on any atom is -0.313 e. The Kier molecular flexibility index (Phi) is 14.5. The van der Waals surface area contributed by atoms with Gasteiger partial charge in [-0.1, -0.05) is 220 Å². The number of rotatable bonds is 6. The number of benzene rings is 9. The fraction of sp³-hybridized carbons (Fsp3) is 0.364. The van der Waals surface area contributed by atoms with Crippen molar-refractivity contribution in [3.05, 3.63) is 220 Å². The average Bonchev–Trinajstić information content (AvgIpc) is 1.49. The van der Waals surface area contributed by atoms with Crippen LogP contribution < -0.4 is 4.90 Å². The molecule has 4 heteroatoms. The number of allylic oxidation sites excluding steroid dienone is 2. The second-order valence-corrected chi connectivity index (χ2v) is 34.7. The molecule has 13 rings (SSSR count). The second-order valence-electron chi connectivity index (χ2n) is 34.7. The van der Waals surface area contributed by atoms with Crippen molar-refractivity contribution < 1.29 is 0 Å². The van der Waals surface area contributed by atoms with E-state index < -0.39 is 0 Å². The molecule has 0 saturated heterocycles. The Bertz CT molecular complexity index is 4620. The fourth-order valence-corrected chi connectivity index (χ4v) is 14.5. The van der Waals surface area contributed by atoms with Crippen molar-refractivity contribution >= 4 is 76.8 Å². The van der Waals surface area contributed by atoms with E-state index in [2.05, 4.69) is 348 Å². The van der Waals surface area contributed by atoms with Crippen LogP contribution in [0.15, 0.2) is 176 Å². The summed E-state index contributed by atoms with van der Waals surface area (Å²) in [5, 5.41) is 7.63. The summed E-state index contributed by atoms with van der Waals surface area (Å²) in [5.41, 5.74) is 26.9. The highest BCUT2D eigenvalue weighted by Gasteiger charge is 2.32. The van der Waals surface area contributed by atoms with Crippen LogP contribution in [0.2, 0.25) is 0 Å². The molecule has 0 atom stereocenters. The van der Waals surface area contributed by atoms with Gasteiger partial charge in [0.05, 0.1) is 44.5 Å². The molecule has 0 radical (unpaired) electrons. The second kappa shape index (κ2) is 21.2. The number of fused-ring (bicyclic) bond motifs is 10. The first-order chi connectivity index (χ1) is 42.9. The molecular formula is C88H100N4. The molecule has 0 fully saturated rings. The van der Waals surface area contributed by atoms with E-state index in [4.69, 9.17) is 0 Å². The molecule has 1 aliphatic heterocycles. The van der Waals surface area contributed by atoms with Crippen LogP contribution in [0.5, 0.6) is 0 Å². The molecule has 4 heterocycles. The topological polar surface area (TPSA) is 18.0 Å². The molecule has 3 aromatic heterocycles. The van der Waals surface area contributed by atoms with E-state index >= 15 is 0 Å². The van der Waals surface area contributed by atoms with E-state index in [0.29, 0.717) is 0 Å². The first-order valence-corrected chi connectivity index (χ1v) is 34.1.